The molecule has 0 radical (unpaired) electrons. The first kappa shape index (κ1) is 12.1. The molecule has 0 aromatic heterocycles. The Morgan fingerprint density at radius 2 is 2.13 bits per heavy atom. The van der Waals surface area contributed by atoms with Gasteiger partial charge in [0.05, 0.1) is 6.10 Å². The highest BCUT2D eigenvalue weighted by Gasteiger charge is 2.12. The van der Waals surface area contributed by atoms with Gasteiger partial charge in [-0.2, -0.15) is 0 Å². The topological polar surface area (TPSA) is 35.2 Å². The van der Waals surface area contributed by atoms with Crippen molar-refractivity contribution >= 4 is 0 Å². The Hall–Kier alpha value is -1.00. The van der Waals surface area contributed by atoms with Crippen molar-refractivity contribution in [2.24, 2.45) is 5.73 Å². The highest BCUT2D eigenvalue weighted by Crippen LogP contribution is 2.18. The number of rotatable bonds is 5. The molecule has 1 aromatic rings. The molecule has 0 aliphatic heterocycles. The van der Waals surface area contributed by atoms with Crippen LogP contribution in [0.15, 0.2) is 24.3 Å². The zero-order chi connectivity index (χ0) is 11.3. The number of ether oxygens (including phenoxy) is 1. The lowest BCUT2D eigenvalue weighted by atomic mass is 10.1. The van der Waals surface area contributed by atoms with E-state index in [1.807, 2.05) is 31.2 Å². The number of alkyl halides is 2. The SMILES string of the molecule is Cc1cccc(C(CN)OCC(F)F)c1. The van der Waals surface area contributed by atoms with E-state index in [-0.39, 0.29) is 6.54 Å². The molecule has 84 valence electrons. The molecule has 0 fully saturated rings. The van der Waals surface area contributed by atoms with Gasteiger partial charge < -0.3 is 10.5 Å². The summed E-state index contributed by atoms with van der Waals surface area (Å²) in [6.45, 7) is 1.57. The second-order valence-electron chi connectivity index (χ2n) is 3.36. The predicted octanol–water partition coefficient (Wildman–Crippen LogP) is 2.28. The Morgan fingerprint density at radius 3 is 2.67 bits per heavy atom. The zero-order valence-corrected chi connectivity index (χ0v) is 8.62. The minimum Gasteiger partial charge on any atom is -0.366 e. The van der Waals surface area contributed by atoms with E-state index in [9.17, 15) is 8.78 Å². The van der Waals surface area contributed by atoms with E-state index in [2.05, 4.69) is 0 Å². The summed E-state index contributed by atoms with van der Waals surface area (Å²) in [5, 5.41) is 0. The van der Waals surface area contributed by atoms with Gasteiger partial charge in [-0.15, -0.1) is 0 Å². The van der Waals surface area contributed by atoms with Crippen LogP contribution in [0.4, 0.5) is 8.78 Å². The third-order valence-electron chi connectivity index (χ3n) is 2.05. The molecular weight excluding hydrogens is 200 g/mol. The van der Waals surface area contributed by atoms with Crippen molar-refractivity contribution in [3.8, 4) is 0 Å². The summed E-state index contributed by atoms with van der Waals surface area (Å²) in [5.41, 5.74) is 7.38. The van der Waals surface area contributed by atoms with Gasteiger partial charge in [0, 0.05) is 6.54 Å². The van der Waals surface area contributed by atoms with Crippen molar-refractivity contribution in [1.29, 1.82) is 0 Å². The summed E-state index contributed by atoms with van der Waals surface area (Å²) in [5.74, 6) is 0. The van der Waals surface area contributed by atoms with E-state index >= 15 is 0 Å². The lowest BCUT2D eigenvalue weighted by Crippen LogP contribution is -2.18. The number of hydrogen-bond donors (Lipinski definition) is 1. The zero-order valence-electron chi connectivity index (χ0n) is 8.62. The molecule has 2 nitrogen and oxygen atoms in total. The second kappa shape index (κ2) is 5.78. The van der Waals surface area contributed by atoms with Gasteiger partial charge in [0.15, 0.2) is 0 Å². The van der Waals surface area contributed by atoms with Crippen LogP contribution in [0, 0.1) is 6.92 Å². The van der Waals surface area contributed by atoms with E-state index in [1.165, 1.54) is 0 Å². The van der Waals surface area contributed by atoms with Crippen LogP contribution < -0.4 is 5.73 Å². The van der Waals surface area contributed by atoms with Crippen molar-refractivity contribution in [3.05, 3.63) is 35.4 Å². The first-order valence-corrected chi connectivity index (χ1v) is 4.80. The van der Waals surface area contributed by atoms with E-state index in [0.717, 1.165) is 11.1 Å². The molecule has 1 aromatic carbocycles. The minimum atomic E-state index is -2.45. The Morgan fingerprint density at radius 1 is 1.40 bits per heavy atom. The molecule has 0 saturated carbocycles. The van der Waals surface area contributed by atoms with Crippen molar-refractivity contribution in [1.82, 2.24) is 0 Å². The molecular formula is C11H15F2NO. The fourth-order valence-electron chi connectivity index (χ4n) is 1.36. The van der Waals surface area contributed by atoms with Crippen molar-refractivity contribution < 1.29 is 13.5 Å². The molecule has 0 amide bonds. The summed E-state index contributed by atoms with van der Waals surface area (Å²) in [7, 11) is 0. The molecule has 1 atom stereocenters. The van der Waals surface area contributed by atoms with Crippen LogP contribution in [0.3, 0.4) is 0 Å². The van der Waals surface area contributed by atoms with Crippen LogP contribution in [0.2, 0.25) is 0 Å². The van der Waals surface area contributed by atoms with Crippen LogP contribution >= 0.6 is 0 Å². The quantitative estimate of drug-likeness (QED) is 0.817. The van der Waals surface area contributed by atoms with Gasteiger partial charge in [-0.25, -0.2) is 8.78 Å². The lowest BCUT2D eigenvalue weighted by molar-refractivity contribution is -0.0217. The van der Waals surface area contributed by atoms with Crippen molar-refractivity contribution in [2.75, 3.05) is 13.2 Å². The van der Waals surface area contributed by atoms with E-state index in [0.29, 0.717) is 0 Å². The predicted molar refractivity (Wildman–Crippen MR) is 54.9 cm³/mol. The number of benzene rings is 1. The van der Waals surface area contributed by atoms with Gasteiger partial charge in [-0.3, -0.25) is 0 Å². The van der Waals surface area contributed by atoms with Gasteiger partial charge >= 0.3 is 0 Å². The summed E-state index contributed by atoms with van der Waals surface area (Å²) in [6, 6.07) is 7.52. The Bertz CT molecular complexity index is 304. The molecule has 1 unspecified atom stereocenters. The molecule has 1 rings (SSSR count). The standard InChI is InChI=1S/C11H15F2NO/c1-8-3-2-4-9(5-8)10(6-14)15-7-11(12)13/h2-5,10-11H,6-7,14H2,1H3. The summed E-state index contributed by atoms with van der Waals surface area (Å²) < 4.78 is 28.9. The van der Waals surface area contributed by atoms with Gasteiger partial charge in [0.2, 0.25) is 0 Å². The van der Waals surface area contributed by atoms with Gasteiger partial charge in [-0.1, -0.05) is 29.8 Å². The van der Waals surface area contributed by atoms with Crippen LogP contribution in [-0.4, -0.2) is 19.6 Å². The Labute approximate surface area is 88.0 Å². The molecule has 0 aliphatic carbocycles. The van der Waals surface area contributed by atoms with E-state index < -0.39 is 19.1 Å². The summed E-state index contributed by atoms with van der Waals surface area (Å²) >= 11 is 0. The van der Waals surface area contributed by atoms with Crippen LogP contribution in [0.1, 0.15) is 17.2 Å². The molecule has 15 heavy (non-hydrogen) atoms. The van der Waals surface area contributed by atoms with Gasteiger partial charge in [0.1, 0.15) is 6.61 Å². The monoisotopic (exact) mass is 215 g/mol. The number of aryl methyl sites for hydroxylation is 1. The normalized spacial score (nSPS) is 13.1. The van der Waals surface area contributed by atoms with Crippen LogP contribution in [0.25, 0.3) is 0 Å². The first-order chi connectivity index (χ1) is 7.13. The average Bonchev–Trinajstić information content (AvgIpc) is 2.18. The molecule has 0 heterocycles. The number of halogens is 2. The van der Waals surface area contributed by atoms with Crippen LogP contribution in [0.5, 0.6) is 0 Å². The fraction of sp³-hybridized carbons (Fsp3) is 0.455. The maximum atomic E-state index is 12.0. The van der Waals surface area contributed by atoms with Gasteiger partial charge in [0.25, 0.3) is 6.43 Å². The minimum absolute atomic E-state index is 0.205. The molecule has 0 bridgehead atoms. The second-order valence-corrected chi connectivity index (χ2v) is 3.36. The summed E-state index contributed by atoms with van der Waals surface area (Å²) in [6.07, 6.45) is -2.90. The molecule has 4 heteroatoms. The largest absolute Gasteiger partial charge is 0.366 e. The maximum absolute atomic E-state index is 12.0. The lowest BCUT2D eigenvalue weighted by Gasteiger charge is -2.16. The first-order valence-electron chi connectivity index (χ1n) is 4.80. The molecule has 0 aliphatic rings. The third kappa shape index (κ3) is 3.93. The smallest absolute Gasteiger partial charge is 0.261 e. The average molecular weight is 215 g/mol. The van der Waals surface area contributed by atoms with Crippen molar-refractivity contribution in [3.63, 3.8) is 0 Å². The van der Waals surface area contributed by atoms with Crippen molar-refractivity contribution in [2.45, 2.75) is 19.5 Å². The molecule has 0 spiro atoms. The molecule has 2 N–H and O–H groups in total. The van der Waals surface area contributed by atoms with Crippen LogP contribution in [-0.2, 0) is 4.74 Å². The maximum Gasteiger partial charge on any atom is 0.261 e. The fourth-order valence-corrected chi connectivity index (χ4v) is 1.36. The summed E-state index contributed by atoms with van der Waals surface area (Å²) in [4.78, 5) is 0. The highest BCUT2D eigenvalue weighted by molar-refractivity contribution is 5.24. The molecule has 0 saturated heterocycles. The van der Waals surface area contributed by atoms with Gasteiger partial charge in [-0.05, 0) is 12.5 Å². The van der Waals surface area contributed by atoms with E-state index in [4.69, 9.17) is 10.5 Å². The Kier molecular flexibility index (Phi) is 4.65. The highest BCUT2D eigenvalue weighted by atomic mass is 19.3. The Balaban J connectivity index is 2.65. The number of nitrogens with two attached hydrogens (primary N) is 1. The third-order valence-corrected chi connectivity index (χ3v) is 2.05. The van der Waals surface area contributed by atoms with E-state index in [1.54, 1.807) is 0 Å². The number of hydrogen-bond acceptors (Lipinski definition) is 2.